The zero-order valence-electron chi connectivity index (χ0n) is 10.1. The van der Waals surface area contributed by atoms with E-state index in [1.807, 2.05) is 6.92 Å². The molecule has 96 valence electrons. The van der Waals surface area contributed by atoms with Gasteiger partial charge in [0.1, 0.15) is 16.6 Å². The van der Waals surface area contributed by atoms with E-state index in [1.165, 1.54) is 17.4 Å². The van der Waals surface area contributed by atoms with Crippen LogP contribution in [0.25, 0.3) is 11.1 Å². The average Bonchev–Trinajstić information content (AvgIpc) is 2.69. The minimum absolute atomic E-state index is 0.0322. The van der Waals surface area contributed by atoms with Gasteiger partial charge in [-0.15, -0.1) is 11.3 Å². The van der Waals surface area contributed by atoms with Gasteiger partial charge in [0.25, 0.3) is 0 Å². The third kappa shape index (κ3) is 2.06. The van der Waals surface area contributed by atoms with E-state index in [4.69, 9.17) is 11.6 Å². The Balaban J connectivity index is 2.70. The summed E-state index contributed by atoms with van der Waals surface area (Å²) in [4.78, 5) is 0.856. The molecule has 0 atom stereocenters. The molecule has 2 N–H and O–H groups in total. The standard InChI is InChI=1S/C13H13ClFNOS/c1-3-9-12(17)10(13(16-2)18-9)7-5-4-6-8(15)11(7)14/h4-6,16-17H,3H2,1-2H3. The lowest BCUT2D eigenvalue weighted by Gasteiger charge is -2.07. The third-order valence-corrected chi connectivity index (χ3v) is 4.45. The normalized spacial score (nSPS) is 10.7. The number of aryl methyl sites for hydroxylation is 1. The number of hydrogen-bond acceptors (Lipinski definition) is 3. The van der Waals surface area contributed by atoms with Crippen LogP contribution in [-0.2, 0) is 6.42 Å². The second-order valence-corrected chi connectivity index (χ2v) is 5.27. The van der Waals surface area contributed by atoms with Crippen molar-refractivity contribution in [2.45, 2.75) is 13.3 Å². The van der Waals surface area contributed by atoms with Gasteiger partial charge in [0.15, 0.2) is 0 Å². The van der Waals surface area contributed by atoms with Crippen LogP contribution >= 0.6 is 22.9 Å². The largest absolute Gasteiger partial charge is 0.506 e. The van der Waals surface area contributed by atoms with Crippen molar-refractivity contribution in [2.75, 3.05) is 12.4 Å². The summed E-state index contributed by atoms with van der Waals surface area (Å²) < 4.78 is 13.5. The first-order valence-electron chi connectivity index (χ1n) is 5.56. The van der Waals surface area contributed by atoms with Crippen molar-refractivity contribution >= 4 is 27.9 Å². The van der Waals surface area contributed by atoms with Gasteiger partial charge in [-0.1, -0.05) is 30.7 Å². The molecule has 1 heterocycles. The summed E-state index contributed by atoms with van der Waals surface area (Å²) in [6.45, 7) is 1.96. The molecule has 0 aliphatic heterocycles. The lowest BCUT2D eigenvalue weighted by Crippen LogP contribution is -1.89. The van der Waals surface area contributed by atoms with Crippen LogP contribution < -0.4 is 5.32 Å². The van der Waals surface area contributed by atoms with E-state index in [9.17, 15) is 9.50 Å². The maximum atomic E-state index is 13.5. The molecule has 1 aromatic heterocycles. The molecule has 0 aliphatic carbocycles. The molecule has 0 saturated carbocycles. The van der Waals surface area contributed by atoms with E-state index >= 15 is 0 Å². The van der Waals surface area contributed by atoms with E-state index < -0.39 is 5.82 Å². The Bertz CT molecular complexity index is 583. The minimum atomic E-state index is -0.486. The summed E-state index contributed by atoms with van der Waals surface area (Å²) in [5.41, 5.74) is 1.08. The first-order valence-corrected chi connectivity index (χ1v) is 6.76. The quantitative estimate of drug-likeness (QED) is 0.869. The fourth-order valence-corrected chi connectivity index (χ4v) is 3.05. The fourth-order valence-electron chi connectivity index (χ4n) is 1.83. The molecule has 5 heteroatoms. The summed E-state index contributed by atoms with van der Waals surface area (Å²) in [7, 11) is 1.77. The Kier molecular flexibility index (Phi) is 3.78. The summed E-state index contributed by atoms with van der Waals surface area (Å²) in [6, 6.07) is 4.58. The maximum absolute atomic E-state index is 13.5. The van der Waals surface area contributed by atoms with Gasteiger partial charge in [0, 0.05) is 17.5 Å². The molecule has 2 nitrogen and oxygen atoms in total. The van der Waals surface area contributed by atoms with E-state index in [1.54, 1.807) is 19.2 Å². The van der Waals surface area contributed by atoms with Crippen LogP contribution in [0.5, 0.6) is 5.75 Å². The molecule has 2 aromatic rings. The van der Waals surface area contributed by atoms with Crippen molar-refractivity contribution in [3.05, 3.63) is 33.9 Å². The van der Waals surface area contributed by atoms with Gasteiger partial charge in [0.05, 0.1) is 10.6 Å². The van der Waals surface area contributed by atoms with Gasteiger partial charge >= 0.3 is 0 Å². The Labute approximate surface area is 114 Å². The van der Waals surface area contributed by atoms with Crippen LogP contribution in [0.4, 0.5) is 9.39 Å². The zero-order chi connectivity index (χ0) is 13.3. The molecule has 0 unspecified atom stereocenters. The Hall–Kier alpha value is -1.26. The average molecular weight is 286 g/mol. The molecule has 1 aromatic carbocycles. The number of hydrogen-bond donors (Lipinski definition) is 2. The molecule has 2 rings (SSSR count). The molecule has 0 saturated heterocycles. The van der Waals surface area contributed by atoms with Gasteiger partial charge in [-0.3, -0.25) is 0 Å². The van der Waals surface area contributed by atoms with Crippen molar-refractivity contribution in [3.8, 4) is 16.9 Å². The number of rotatable bonds is 3. The van der Waals surface area contributed by atoms with Crippen molar-refractivity contribution in [1.82, 2.24) is 0 Å². The van der Waals surface area contributed by atoms with Gasteiger partial charge in [-0.2, -0.15) is 0 Å². The van der Waals surface area contributed by atoms with Crippen LogP contribution in [0, 0.1) is 5.82 Å². The predicted octanol–water partition coefficient (Wildman–Crippen LogP) is 4.52. The topological polar surface area (TPSA) is 32.3 Å². The minimum Gasteiger partial charge on any atom is -0.506 e. The maximum Gasteiger partial charge on any atom is 0.142 e. The van der Waals surface area contributed by atoms with Gasteiger partial charge in [-0.05, 0) is 12.5 Å². The number of benzene rings is 1. The van der Waals surface area contributed by atoms with E-state index in [-0.39, 0.29) is 10.8 Å². The van der Waals surface area contributed by atoms with Crippen molar-refractivity contribution in [1.29, 1.82) is 0 Å². The van der Waals surface area contributed by atoms with Gasteiger partial charge in [0.2, 0.25) is 0 Å². The number of anilines is 1. The van der Waals surface area contributed by atoms with Crippen LogP contribution in [-0.4, -0.2) is 12.2 Å². The molecule has 0 radical (unpaired) electrons. The highest BCUT2D eigenvalue weighted by Gasteiger charge is 2.20. The second-order valence-electron chi connectivity index (χ2n) is 3.78. The smallest absolute Gasteiger partial charge is 0.142 e. The van der Waals surface area contributed by atoms with Crippen LogP contribution in [0.15, 0.2) is 18.2 Å². The molecular weight excluding hydrogens is 273 g/mol. The number of aromatic hydroxyl groups is 1. The first kappa shape index (κ1) is 13.2. The first-order chi connectivity index (χ1) is 8.60. The van der Waals surface area contributed by atoms with Crippen LogP contribution in [0.3, 0.4) is 0 Å². The summed E-state index contributed by atoms with van der Waals surface area (Å²) in [5.74, 6) is -0.306. The van der Waals surface area contributed by atoms with Crippen molar-refractivity contribution in [2.24, 2.45) is 0 Å². The molecule has 0 aliphatic rings. The summed E-state index contributed by atoms with van der Waals surface area (Å²) in [6.07, 6.45) is 0.720. The third-order valence-electron chi connectivity index (χ3n) is 2.72. The van der Waals surface area contributed by atoms with Crippen molar-refractivity contribution < 1.29 is 9.50 Å². The molecule has 0 amide bonds. The fraction of sp³-hybridized carbons (Fsp3) is 0.231. The summed E-state index contributed by atoms with van der Waals surface area (Å²) in [5, 5.41) is 14.0. The van der Waals surface area contributed by atoms with E-state index in [0.717, 1.165) is 16.3 Å². The summed E-state index contributed by atoms with van der Waals surface area (Å²) >= 11 is 7.43. The number of halogens is 2. The lowest BCUT2D eigenvalue weighted by atomic mass is 10.1. The van der Waals surface area contributed by atoms with Gasteiger partial charge < -0.3 is 10.4 Å². The predicted molar refractivity (Wildman–Crippen MR) is 75.3 cm³/mol. The Morgan fingerprint density at radius 3 is 2.78 bits per heavy atom. The highest BCUT2D eigenvalue weighted by Crippen LogP contribution is 2.47. The van der Waals surface area contributed by atoms with E-state index in [0.29, 0.717) is 11.1 Å². The molecule has 0 bridgehead atoms. The molecule has 0 spiro atoms. The lowest BCUT2D eigenvalue weighted by molar-refractivity contribution is 0.474. The second kappa shape index (κ2) is 5.16. The molecule has 18 heavy (non-hydrogen) atoms. The van der Waals surface area contributed by atoms with Gasteiger partial charge in [-0.25, -0.2) is 4.39 Å². The Morgan fingerprint density at radius 2 is 2.17 bits per heavy atom. The van der Waals surface area contributed by atoms with E-state index in [2.05, 4.69) is 5.32 Å². The monoisotopic (exact) mass is 285 g/mol. The number of thiophene rings is 1. The highest BCUT2D eigenvalue weighted by atomic mass is 35.5. The Morgan fingerprint density at radius 1 is 1.44 bits per heavy atom. The highest BCUT2D eigenvalue weighted by molar-refractivity contribution is 7.17. The zero-order valence-corrected chi connectivity index (χ0v) is 11.6. The van der Waals surface area contributed by atoms with Crippen LogP contribution in [0.1, 0.15) is 11.8 Å². The van der Waals surface area contributed by atoms with Crippen molar-refractivity contribution in [3.63, 3.8) is 0 Å². The number of nitrogens with one attached hydrogen (secondary N) is 1. The SMILES string of the molecule is CCc1sc(NC)c(-c2cccc(F)c2Cl)c1O. The molecular formula is C13H13ClFNOS. The van der Waals surface area contributed by atoms with Crippen LogP contribution in [0.2, 0.25) is 5.02 Å². The molecule has 0 fully saturated rings.